The Labute approximate surface area is 113 Å². The first kappa shape index (κ1) is 12.8. The summed E-state index contributed by atoms with van der Waals surface area (Å²) in [5.41, 5.74) is 0.730. The van der Waals surface area contributed by atoms with Crippen LogP contribution >= 0.6 is 0 Å². The maximum Gasteiger partial charge on any atom is 0.255 e. The van der Waals surface area contributed by atoms with E-state index in [2.05, 4.69) is 15.4 Å². The molecular weight excluding hydrogens is 268 g/mol. The van der Waals surface area contributed by atoms with Gasteiger partial charge in [-0.2, -0.15) is 5.10 Å². The molecule has 0 spiro atoms. The summed E-state index contributed by atoms with van der Waals surface area (Å²) in [5, 5.41) is 6.28. The van der Waals surface area contributed by atoms with E-state index >= 15 is 0 Å². The van der Waals surface area contributed by atoms with E-state index in [9.17, 15) is 13.6 Å². The van der Waals surface area contributed by atoms with E-state index in [4.69, 9.17) is 0 Å². The van der Waals surface area contributed by atoms with Crippen LogP contribution in [0.15, 0.2) is 24.5 Å². The number of amides is 1. The number of fused-ring (bicyclic) bond motifs is 1. The average molecular weight is 281 g/mol. The molecule has 0 radical (unpaired) electrons. The zero-order chi connectivity index (χ0) is 14.1. The van der Waals surface area contributed by atoms with E-state index in [1.807, 2.05) is 11.0 Å². The molecule has 0 aliphatic carbocycles. The van der Waals surface area contributed by atoms with Crippen LogP contribution in [0.1, 0.15) is 0 Å². The van der Waals surface area contributed by atoms with Gasteiger partial charge in [0.2, 0.25) is 5.91 Å². The van der Waals surface area contributed by atoms with Crippen LogP contribution in [0.25, 0.3) is 5.65 Å². The minimum atomic E-state index is -2.51. The molecule has 0 atom stereocenters. The van der Waals surface area contributed by atoms with E-state index in [0.717, 1.165) is 11.5 Å². The van der Waals surface area contributed by atoms with Gasteiger partial charge in [0.05, 0.1) is 18.7 Å². The van der Waals surface area contributed by atoms with Crippen LogP contribution in [0.5, 0.6) is 0 Å². The number of rotatable bonds is 4. The number of hydrogen-bond acceptors (Lipinski definition) is 4. The van der Waals surface area contributed by atoms with E-state index in [0.29, 0.717) is 13.1 Å². The van der Waals surface area contributed by atoms with Crippen LogP contribution in [0, 0.1) is 5.92 Å². The lowest BCUT2D eigenvalue weighted by molar-refractivity contribution is -0.126. The second kappa shape index (κ2) is 5.03. The van der Waals surface area contributed by atoms with Crippen molar-refractivity contribution < 1.29 is 13.6 Å². The lowest BCUT2D eigenvalue weighted by Gasteiger charge is -2.39. The molecule has 106 valence electrons. The maximum absolute atomic E-state index is 12.0. The van der Waals surface area contributed by atoms with Crippen LogP contribution in [0.3, 0.4) is 0 Å². The minimum absolute atomic E-state index is 0.253. The number of carbonyl (C=O) groups is 1. The topological polar surface area (TPSA) is 62.5 Å². The average Bonchev–Trinajstić information content (AvgIpc) is 2.82. The third-order valence-corrected chi connectivity index (χ3v) is 3.25. The molecule has 2 aromatic heterocycles. The third-order valence-electron chi connectivity index (χ3n) is 3.25. The summed E-state index contributed by atoms with van der Waals surface area (Å²) < 4.78 is 25.6. The Morgan fingerprint density at radius 1 is 1.45 bits per heavy atom. The fourth-order valence-corrected chi connectivity index (χ4v) is 2.13. The summed E-state index contributed by atoms with van der Waals surface area (Å²) in [5.74, 6) is 0.180. The van der Waals surface area contributed by atoms with Crippen LogP contribution in [0.2, 0.25) is 0 Å². The quantitative estimate of drug-likeness (QED) is 0.889. The molecule has 6 nitrogen and oxygen atoms in total. The van der Waals surface area contributed by atoms with Gasteiger partial charge in [0.1, 0.15) is 5.82 Å². The molecule has 1 saturated heterocycles. The summed E-state index contributed by atoms with van der Waals surface area (Å²) in [6, 6.07) is 3.60. The smallest absolute Gasteiger partial charge is 0.255 e. The Kier molecular flexibility index (Phi) is 3.21. The first-order chi connectivity index (χ1) is 9.63. The van der Waals surface area contributed by atoms with Gasteiger partial charge in [-0.3, -0.25) is 4.79 Å². The highest BCUT2D eigenvalue weighted by molar-refractivity contribution is 5.81. The van der Waals surface area contributed by atoms with Crippen LogP contribution in [0.4, 0.5) is 14.6 Å². The monoisotopic (exact) mass is 281 g/mol. The summed E-state index contributed by atoms with van der Waals surface area (Å²) in [6.45, 7) is 0.397. The first-order valence-electron chi connectivity index (χ1n) is 6.24. The van der Waals surface area contributed by atoms with Gasteiger partial charge in [-0.25, -0.2) is 18.3 Å². The lowest BCUT2D eigenvalue weighted by atomic mass is 9.99. The van der Waals surface area contributed by atoms with E-state index < -0.39 is 13.0 Å². The number of halogens is 2. The summed E-state index contributed by atoms with van der Waals surface area (Å²) in [7, 11) is 0. The SMILES string of the molecule is O=C(NCC(F)F)C1CN(c2ccn3nccc3n2)C1. The van der Waals surface area contributed by atoms with Crippen molar-refractivity contribution in [2.75, 3.05) is 24.5 Å². The van der Waals surface area contributed by atoms with Gasteiger partial charge in [-0.05, 0) is 6.07 Å². The summed E-state index contributed by atoms with van der Waals surface area (Å²) >= 11 is 0. The normalized spacial score (nSPS) is 15.7. The molecule has 2 aromatic rings. The van der Waals surface area contributed by atoms with Crippen molar-refractivity contribution in [3.8, 4) is 0 Å². The zero-order valence-corrected chi connectivity index (χ0v) is 10.5. The zero-order valence-electron chi connectivity index (χ0n) is 10.5. The Hall–Kier alpha value is -2.25. The molecule has 3 heterocycles. The van der Waals surface area contributed by atoms with Gasteiger partial charge in [0.25, 0.3) is 6.43 Å². The fourth-order valence-electron chi connectivity index (χ4n) is 2.13. The number of nitrogens with zero attached hydrogens (tertiary/aromatic N) is 4. The van der Waals surface area contributed by atoms with Crippen molar-refractivity contribution >= 4 is 17.4 Å². The molecule has 0 unspecified atom stereocenters. The number of anilines is 1. The maximum atomic E-state index is 12.0. The largest absolute Gasteiger partial charge is 0.355 e. The van der Waals surface area contributed by atoms with Crippen molar-refractivity contribution in [2.45, 2.75) is 6.43 Å². The summed E-state index contributed by atoms with van der Waals surface area (Å²) in [4.78, 5) is 17.9. The third kappa shape index (κ3) is 2.40. The second-order valence-corrected chi connectivity index (χ2v) is 4.66. The van der Waals surface area contributed by atoms with Gasteiger partial charge in [-0.15, -0.1) is 0 Å². The summed E-state index contributed by atoms with van der Waals surface area (Å²) in [6.07, 6.45) is 0.936. The highest BCUT2D eigenvalue weighted by atomic mass is 19.3. The minimum Gasteiger partial charge on any atom is -0.355 e. The number of aromatic nitrogens is 3. The van der Waals surface area contributed by atoms with E-state index in [1.165, 1.54) is 0 Å². The Balaban J connectivity index is 1.58. The molecule has 1 N–H and O–H groups in total. The molecule has 1 fully saturated rings. The van der Waals surface area contributed by atoms with E-state index in [1.54, 1.807) is 23.0 Å². The van der Waals surface area contributed by atoms with Crippen molar-refractivity contribution in [3.63, 3.8) is 0 Å². The van der Waals surface area contributed by atoms with Crippen LogP contribution < -0.4 is 10.2 Å². The van der Waals surface area contributed by atoms with Crippen molar-refractivity contribution in [1.29, 1.82) is 0 Å². The predicted molar refractivity (Wildman–Crippen MR) is 67.7 cm³/mol. The number of nitrogens with one attached hydrogen (secondary N) is 1. The molecule has 0 saturated carbocycles. The van der Waals surface area contributed by atoms with Crippen molar-refractivity contribution in [3.05, 3.63) is 24.5 Å². The molecule has 0 bridgehead atoms. The highest BCUT2D eigenvalue weighted by Crippen LogP contribution is 2.23. The number of hydrogen-bond donors (Lipinski definition) is 1. The van der Waals surface area contributed by atoms with Crippen molar-refractivity contribution in [2.24, 2.45) is 5.92 Å². The lowest BCUT2D eigenvalue weighted by Crippen LogP contribution is -2.54. The molecule has 8 heteroatoms. The van der Waals surface area contributed by atoms with Crippen LogP contribution in [-0.4, -0.2) is 46.6 Å². The number of alkyl halides is 2. The Morgan fingerprint density at radius 2 is 2.25 bits per heavy atom. The Bertz CT molecular complexity index is 623. The molecule has 20 heavy (non-hydrogen) atoms. The highest BCUT2D eigenvalue weighted by Gasteiger charge is 2.33. The predicted octanol–water partition coefficient (Wildman–Crippen LogP) is 0.547. The fraction of sp³-hybridized carbons (Fsp3) is 0.417. The van der Waals surface area contributed by atoms with Gasteiger partial charge >= 0.3 is 0 Å². The second-order valence-electron chi connectivity index (χ2n) is 4.66. The standard InChI is InChI=1S/C12H13F2N5O/c13-9(14)5-15-12(20)8-6-18(7-8)10-2-4-19-11(17-10)1-3-16-19/h1-4,8-9H,5-7H2,(H,15,20). The number of carbonyl (C=O) groups excluding carboxylic acids is 1. The molecule has 1 aliphatic rings. The molecule has 1 aliphatic heterocycles. The van der Waals surface area contributed by atoms with Crippen LogP contribution in [-0.2, 0) is 4.79 Å². The van der Waals surface area contributed by atoms with Gasteiger partial charge in [0.15, 0.2) is 5.65 Å². The van der Waals surface area contributed by atoms with Crippen molar-refractivity contribution in [1.82, 2.24) is 19.9 Å². The van der Waals surface area contributed by atoms with Gasteiger partial charge in [0, 0.05) is 25.4 Å². The first-order valence-corrected chi connectivity index (χ1v) is 6.24. The molecule has 0 aromatic carbocycles. The molecular formula is C12H13F2N5O. The van der Waals surface area contributed by atoms with E-state index in [-0.39, 0.29) is 11.8 Å². The molecule has 1 amide bonds. The Morgan fingerprint density at radius 3 is 3.00 bits per heavy atom. The van der Waals surface area contributed by atoms with Gasteiger partial charge in [-0.1, -0.05) is 0 Å². The van der Waals surface area contributed by atoms with Gasteiger partial charge < -0.3 is 10.2 Å². The molecule has 3 rings (SSSR count).